The van der Waals surface area contributed by atoms with Crippen molar-refractivity contribution in [3.05, 3.63) is 34.9 Å². The summed E-state index contributed by atoms with van der Waals surface area (Å²) in [7, 11) is 0. The topological polar surface area (TPSA) is 56.8 Å². The molecule has 3 heteroatoms. The van der Waals surface area contributed by atoms with Gasteiger partial charge in [0.2, 0.25) is 0 Å². The summed E-state index contributed by atoms with van der Waals surface area (Å²) in [5.41, 5.74) is 1.95. The smallest absolute Gasteiger partial charge is 0.130 e. The first-order chi connectivity index (χ1) is 9.06. The summed E-state index contributed by atoms with van der Waals surface area (Å²) >= 11 is 0. The summed E-state index contributed by atoms with van der Waals surface area (Å²) in [5, 5.41) is 17.4. The van der Waals surface area contributed by atoms with E-state index in [2.05, 4.69) is 13.8 Å². The number of nitriles is 2. The van der Waals surface area contributed by atoms with E-state index in [1.54, 1.807) is 6.08 Å². The van der Waals surface area contributed by atoms with Gasteiger partial charge in [0.1, 0.15) is 23.5 Å². The minimum atomic E-state index is 0.105. The number of hydrogen-bond acceptors (Lipinski definition) is 3. The number of benzene rings is 1. The number of nitrogens with zero attached hydrogens (tertiary/aromatic N) is 2. The zero-order valence-corrected chi connectivity index (χ0v) is 11.6. The Morgan fingerprint density at radius 2 is 2.00 bits per heavy atom. The molecule has 1 aromatic carbocycles. The monoisotopic (exact) mass is 254 g/mol. The predicted octanol–water partition coefficient (Wildman–Crippen LogP) is 3.85. The second-order valence-corrected chi connectivity index (χ2v) is 4.84. The summed E-state index contributed by atoms with van der Waals surface area (Å²) in [6.45, 7) is 6.99. The number of ether oxygens (including phenoxy) is 1. The van der Waals surface area contributed by atoms with Crippen LogP contribution in [0.3, 0.4) is 0 Å². The molecule has 0 aliphatic carbocycles. The van der Waals surface area contributed by atoms with Crippen molar-refractivity contribution in [3.63, 3.8) is 0 Å². The van der Waals surface area contributed by atoms with Gasteiger partial charge in [-0.2, -0.15) is 10.5 Å². The van der Waals surface area contributed by atoms with E-state index in [0.29, 0.717) is 12.5 Å². The molecule has 98 valence electrons. The molecule has 0 radical (unpaired) electrons. The van der Waals surface area contributed by atoms with Gasteiger partial charge in [0.25, 0.3) is 0 Å². The Bertz CT molecular complexity index is 529. The van der Waals surface area contributed by atoms with Crippen molar-refractivity contribution < 1.29 is 4.74 Å². The lowest BCUT2D eigenvalue weighted by atomic mass is 10.1. The van der Waals surface area contributed by atoms with E-state index >= 15 is 0 Å². The Hall–Kier alpha value is -2.26. The highest BCUT2D eigenvalue weighted by Gasteiger charge is 2.02. The van der Waals surface area contributed by atoms with Crippen molar-refractivity contribution in [1.82, 2.24) is 0 Å². The van der Waals surface area contributed by atoms with E-state index in [4.69, 9.17) is 15.3 Å². The first-order valence-electron chi connectivity index (χ1n) is 6.32. The highest BCUT2D eigenvalue weighted by atomic mass is 16.5. The van der Waals surface area contributed by atoms with Crippen LogP contribution < -0.4 is 4.74 Å². The van der Waals surface area contributed by atoms with Crippen LogP contribution in [0.25, 0.3) is 6.08 Å². The second kappa shape index (κ2) is 7.24. The molecule has 0 unspecified atom stereocenters. The van der Waals surface area contributed by atoms with Gasteiger partial charge in [-0.1, -0.05) is 19.9 Å². The molecule has 0 atom stereocenters. The maximum Gasteiger partial charge on any atom is 0.130 e. The van der Waals surface area contributed by atoms with Crippen LogP contribution in [0.15, 0.2) is 23.8 Å². The maximum atomic E-state index is 8.71. The Morgan fingerprint density at radius 1 is 1.32 bits per heavy atom. The molecule has 0 amide bonds. The van der Waals surface area contributed by atoms with Gasteiger partial charge in [-0.3, -0.25) is 0 Å². The standard InChI is InChI=1S/C16H18N2O/c1-12(2)6-7-19-16-5-4-14(8-13(16)3)9-15(10-17)11-18/h4-5,8-9,12H,6-7H2,1-3H3. The summed E-state index contributed by atoms with van der Waals surface area (Å²) < 4.78 is 5.71. The lowest BCUT2D eigenvalue weighted by molar-refractivity contribution is 0.288. The van der Waals surface area contributed by atoms with Crippen LogP contribution in [-0.4, -0.2) is 6.61 Å². The number of allylic oxidation sites excluding steroid dienone is 1. The van der Waals surface area contributed by atoms with Crippen molar-refractivity contribution in [2.45, 2.75) is 27.2 Å². The van der Waals surface area contributed by atoms with Gasteiger partial charge in [-0.05, 0) is 48.6 Å². The van der Waals surface area contributed by atoms with Gasteiger partial charge >= 0.3 is 0 Å². The molecule has 0 spiro atoms. The third-order valence-electron chi connectivity index (χ3n) is 2.70. The largest absolute Gasteiger partial charge is 0.493 e. The van der Waals surface area contributed by atoms with Gasteiger partial charge in [0, 0.05) is 0 Å². The third kappa shape index (κ3) is 4.85. The summed E-state index contributed by atoms with van der Waals surface area (Å²) in [5.74, 6) is 1.48. The Balaban J connectivity index is 2.79. The molecule has 0 aliphatic rings. The van der Waals surface area contributed by atoms with Crippen LogP contribution >= 0.6 is 0 Å². The van der Waals surface area contributed by atoms with E-state index in [-0.39, 0.29) is 5.57 Å². The van der Waals surface area contributed by atoms with Crippen LogP contribution in [0.4, 0.5) is 0 Å². The van der Waals surface area contributed by atoms with E-state index in [0.717, 1.165) is 23.3 Å². The van der Waals surface area contributed by atoms with Crippen molar-refractivity contribution in [2.75, 3.05) is 6.61 Å². The first-order valence-corrected chi connectivity index (χ1v) is 6.32. The van der Waals surface area contributed by atoms with Gasteiger partial charge < -0.3 is 4.74 Å². The van der Waals surface area contributed by atoms with Gasteiger partial charge in [-0.25, -0.2) is 0 Å². The minimum Gasteiger partial charge on any atom is -0.493 e. The highest BCUT2D eigenvalue weighted by Crippen LogP contribution is 2.21. The SMILES string of the molecule is Cc1cc(C=C(C#N)C#N)ccc1OCCC(C)C. The van der Waals surface area contributed by atoms with E-state index < -0.39 is 0 Å². The summed E-state index contributed by atoms with van der Waals surface area (Å²) in [6, 6.07) is 9.35. The molecule has 1 rings (SSSR count). The van der Waals surface area contributed by atoms with E-state index in [1.165, 1.54) is 0 Å². The molecule has 1 aromatic rings. The lowest BCUT2D eigenvalue weighted by Crippen LogP contribution is -2.02. The number of rotatable bonds is 5. The molecule has 0 aromatic heterocycles. The zero-order valence-electron chi connectivity index (χ0n) is 11.6. The van der Waals surface area contributed by atoms with Gasteiger partial charge in [0.15, 0.2) is 0 Å². The molecule has 0 bridgehead atoms. The van der Waals surface area contributed by atoms with Crippen LogP contribution in [-0.2, 0) is 0 Å². The van der Waals surface area contributed by atoms with Crippen LogP contribution in [0.5, 0.6) is 5.75 Å². The van der Waals surface area contributed by atoms with Crippen molar-refractivity contribution in [1.29, 1.82) is 10.5 Å². The molecule has 0 saturated heterocycles. The Morgan fingerprint density at radius 3 is 2.53 bits per heavy atom. The molecule has 0 N–H and O–H groups in total. The molecule has 0 heterocycles. The minimum absolute atomic E-state index is 0.105. The summed E-state index contributed by atoms with van der Waals surface area (Å²) in [4.78, 5) is 0. The molecule has 0 saturated carbocycles. The first kappa shape index (κ1) is 14.8. The average molecular weight is 254 g/mol. The highest BCUT2D eigenvalue weighted by molar-refractivity contribution is 5.63. The molecule has 0 fully saturated rings. The quantitative estimate of drug-likeness (QED) is 0.750. The lowest BCUT2D eigenvalue weighted by Gasteiger charge is -2.11. The fourth-order valence-corrected chi connectivity index (χ4v) is 1.59. The van der Waals surface area contributed by atoms with Crippen LogP contribution in [0, 0.1) is 35.5 Å². The van der Waals surface area contributed by atoms with Gasteiger partial charge in [-0.15, -0.1) is 0 Å². The fraction of sp³-hybridized carbons (Fsp3) is 0.375. The number of aryl methyl sites for hydroxylation is 1. The van der Waals surface area contributed by atoms with E-state index in [9.17, 15) is 0 Å². The van der Waals surface area contributed by atoms with Gasteiger partial charge in [0.05, 0.1) is 6.61 Å². The third-order valence-corrected chi connectivity index (χ3v) is 2.70. The molecular formula is C16H18N2O. The molecule has 0 aliphatic heterocycles. The Labute approximate surface area is 114 Å². The predicted molar refractivity (Wildman–Crippen MR) is 75.3 cm³/mol. The number of hydrogen-bond donors (Lipinski definition) is 0. The van der Waals surface area contributed by atoms with Crippen LogP contribution in [0.2, 0.25) is 0 Å². The van der Waals surface area contributed by atoms with Crippen molar-refractivity contribution in [2.24, 2.45) is 5.92 Å². The van der Waals surface area contributed by atoms with Crippen molar-refractivity contribution >= 4 is 6.08 Å². The normalized spacial score (nSPS) is 9.58. The van der Waals surface area contributed by atoms with Crippen molar-refractivity contribution in [3.8, 4) is 17.9 Å². The molecule has 19 heavy (non-hydrogen) atoms. The molecular weight excluding hydrogens is 236 g/mol. The van der Waals surface area contributed by atoms with E-state index in [1.807, 2.05) is 37.3 Å². The molecule has 3 nitrogen and oxygen atoms in total. The maximum absolute atomic E-state index is 8.71. The second-order valence-electron chi connectivity index (χ2n) is 4.84. The average Bonchev–Trinajstić information content (AvgIpc) is 2.38. The Kier molecular flexibility index (Phi) is 5.64. The zero-order chi connectivity index (χ0) is 14.3. The fourth-order valence-electron chi connectivity index (χ4n) is 1.59. The summed E-state index contributed by atoms with van der Waals surface area (Å²) in [6.07, 6.45) is 2.60. The van der Waals surface area contributed by atoms with Crippen LogP contribution in [0.1, 0.15) is 31.4 Å².